The van der Waals surface area contributed by atoms with Gasteiger partial charge in [-0.1, -0.05) is 17.7 Å². The lowest BCUT2D eigenvalue weighted by atomic mass is 10.1. The van der Waals surface area contributed by atoms with Crippen LogP contribution < -0.4 is 0 Å². The molecule has 1 aromatic carbocycles. The summed E-state index contributed by atoms with van der Waals surface area (Å²) in [6.45, 7) is 5.10. The van der Waals surface area contributed by atoms with E-state index in [1.54, 1.807) is 37.3 Å². The average Bonchev–Trinajstić information content (AvgIpc) is 2.51. The van der Waals surface area contributed by atoms with E-state index in [1.807, 2.05) is 0 Å². The van der Waals surface area contributed by atoms with E-state index in [9.17, 15) is 14.7 Å². The number of hydrogen-bond donors (Lipinski definition) is 1. The van der Waals surface area contributed by atoms with Crippen molar-refractivity contribution in [2.75, 3.05) is 6.61 Å². The van der Waals surface area contributed by atoms with Crippen LogP contribution in [0.5, 0.6) is 5.75 Å². The predicted octanol–water partition coefficient (Wildman–Crippen LogP) is 3.80. The van der Waals surface area contributed by atoms with Crippen molar-refractivity contribution < 1.29 is 19.4 Å². The van der Waals surface area contributed by atoms with Crippen LogP contribution in [0.25, 0.3) is 0 Å². The Labute approximate surface area is 146 Å². The molecule has 1 N–H and O–H groups in total. The van der Waals surface area contributed by atoms with E-state index in [4.69, 9.17) is 16.3 Å². The van der Waals surface area contributed by atoms with Crippen LogP contribution in [0.1, 0.15) is 42.5 Å². The molecule has 0 spiro atoms. The van der Waals surface area contributed by atoms with Crippen LogP contribution in [0.2, 0.25) is 5.02 Å². The first-order chi connectivity index (χ1) is 11.3. The van der Waals surface area contributed by atoms with Crippen LogP contribution >= 0.6 is 11.6 Å². The van der Waals surface area contributed by atoms with Gasteiger partial charge in [-0.15, -0.1) is 0 Å². The highest BCUT2D eigenvalue weighted by molar-refractivity contribution is 6.30. The highest BCUT2D eigenvalue weighted by Crippen LogP contribution is 2.23. The molecule has 128 valence electrons. The summed E-state index contributed by atoms with van der Waals surface area (Å²) < 4.78 is 4.90. The quantitative estimate of drug-likeness (QED) is 0.849. The topological polar surface area (TPSA) is 76.5 Å². The molecule has 0 aliphatic carbocycles. The lowest BCUT2D eigenvalue weighted by Gasteiger charge is -2.06. The molecule has 24 heavy (non-hydrogen) atoms. The number of halogens is 1. The molecule has 0 aliphatic heterocycles. The number of aromatic hydroxyl groups is 1. The summed E-state index contributed by atoms with van der Waals surface area (Å²) in [5.41, 5.74) is 1.57. The van der Waals surface area contributed by atoms with Crippen LogP contribution in [-0.2, 0) is 16.0 Å². The van der Waals surface area contributed by atoms with Crippen molar-refractivity contribution in [1.29, 1.82) is 0 Å². The van der Waals surface area contributed by atoms with Gasteiger partial charge < -0.3 is 14.6 Å². The predicted molar refractivity (Wildman–Crippen MR) is 92.5 cm³/mol. The van der Waals surface area contributed by atoms with Gasteiger partial charge >= 0.3 is 5.97 Å². The molecule has 1 aromatic heterocycles. The van der Waals surface area contributed by atoms with E-state index in [2.05, 4.69) is 4.98 Å². The molecule has 0 atom stereocenters. The number of Topliss-reactive ketones (excluding diaryl/α,β-unsaturated/α-hetero) is 1. The van der Waals surface area contributed by atoms with E-state index < -0.39 is 5.97 Å². The minimum Gasteiger partial charge on any atom is -0.508 e. The number of phenolic OH excluding ortho intramolecular Hbond substituents is 1. The smallest absolute Gasteiger partial charge is 0.356 e. The Balaban J connectivity index is 0.000000648. The lowest BCUT2D eigenvalue weighted by molar-refractivity contribution is -0.115. The summed E-state index contributed by atoms with van der Waals surface area (Å²) in [6, 6.07) is 9.93. The maximum absolute atomic E-state index is 11.6. The van der Waals surface area contributed by atoms with Gasteiger partial charge in [0, 0.05) is 22.7 Å². The standard InChI is InChI=1S/C15H14ClNO3.C3H6O/c1-2-20-15(19)13-5-3-4-12(17-13)9-10-8-11(16)6-7-14(10)18;1-3(2)4/h3-8,18H,2,9H2,1H3;1-2H3. The molecule has 6 heteroatoms. The summed E-state index contributed by atoms with van der Waals surface area (Å²) in [5.74, 6) is -0.137. The van der Waals surface area contributed by atoms with E-state index in [1.165, 1.54) is 19.9 Å². The lowest BCUT2D eigenvalue weighted by Crippen LogP contribution is -2.08. The molecule has 0 saturated heterocycles. The molecule has 0 aliphatic rings. The van der Waals surface area contributed by atoms with Crippen molar-refractivity contribution in [2.45, 2.75) is 27.2 Å². The Bertz CT molecular complexity index is 712. The molecule has 0 unspecified atom stereocenters. The molecular weight excluding hydrogens is 330 g/mol. The highest BCUT2D eigenvalue weighted by Gasteiger charge is 2.10. The van der Waals surface area contributed by atoms with Crippen molar-refractivity contribution in [2.24, 2.45) is 0 Å². The van der Waals surface area contributed by atoms with Crippen molar-refractivity contribution in [3.63, 3.8) is 0 Å². The zero-order valence-corrected chi connectivity index (χ0v) is 14.6. The van der Waals surface area contributed by atoms with E-state index in [0.717, 1.165) is 0 Å². The Morgan fingerprint density at radius 2 is 1.88 bits per heavy atom. The van der Waals surface area contributed by atoms with Crippen LogP contribution in [0.4, 0.5) is 0 Å². The first-order valence-corrected chi connectivity index (χ1v) is 7.79. The summed E-state index contributed by atoms with van der Waals surface area (Å²) in [5, 5.41) is 10.3. The summed E-state index contributed by atoms with van der Waals surface area (Å²) in [6.07, 6.45) is 0.389. The second kappa shape index (κ2) is 9.67. The van der Waals surface area contributed by atoms with Crippen molar-refractivity contribution in [1.82, 2.24) is 4.98 Å². The number of nitrogens with zero attached hydrogens (tertiary/aromatic N) is 1. The zero-order valence-electron chi connectivity index (χ0n) is 13.9. The van der Waals surface area contributed by atoms with Crippen molar-refractivity contribution in [3.8, 4) is 5.75 Å². The number of rotatable bonds is 4. The largest absolute Gasteiger partial charge is 0.508 e. The third-order valence-electron chi connectivity index (χ3n) is 2.70. The Hall–Kier alpha value is -2.40. The monoisotopic (exact) mass is 349 g/mol. The number of carbonyl (C=O) groups excluding carboxylic acids is 2. The normalized spacial score (nSPS) is 9.67. The van der Waals surface area contributed by atoms with Crippen molar-refractivity contribution >= 4 is 23.4 Å². The number of pyridine rings is 1. The van der Waals surface area contributed by atoms with Crippen LogP contribution in [0.15, 0.2) is 36.4 Å². The maximum atomic E-state index is 11.6. The van der Waals surface area contributed by atoms with Gasteiger partial charge in [0.15, 0.2) is 0 Å². The Morgan fingerprint density at radius 1 is 1.21 bits per heavy atom. The molecule has 0 fully saturated rings. The molecule has 1 heterocycles. The number of carbonyl (C=O) groups is 2. The van der Waals surface area contributed by atoms with Gasteiger partial charge in [-0.05, 0) is 51.1 Å². The average molecular weight is 350 g/mol. The second-order valence-corrected chi connectivity index (χ2v) is 5.53. The molecule has 5 nitrogen and oxygen atoms in total. The number of benzene rings is 1. The third-order valence-corrected chi connectivity index (χ3v) is 2.94. The fourth-order valence-electron chi connectivity index (χ4n) is 1.79. The van der Waals surface area contributed by atoms with Gasteiger partial charge in [0.25, 0.3) is 0 Å². The van der Waals surface area contributed by atoms with Gasteiger partial charge in [-0.25, -0.2) is 9.78 Å². The number of hydrogen-bond acceptors (Lipinski definition) is 5. The Kier molecular flexibility index (Phi) is 7.92. The summed E-state index contributed by atoms with van der Waals surface area (Å²) in [4.78, 5) is 25.3. The summed E-state index contributed by atoms with van der Waals surface area (Å²) in [7, 11) is 0. The minimum absolute atomic E-state index is 0.151. The van der Waals surface area contributed by atoms with Crippen LogP contribution in [-0.4, -0.2) is 28.4 Å². The van der Waals surface area contributed by atoms with Crippen LogP contribution in [0, 0.1) is 0 Å². The van der Waals surface area contributed by atoms with Crippen LogP contribution in [0.3, 0.4) is 0 Å². The molecular formula is C18H20ClNO4. The number of aromatic nitrogens is 1. The van der Waals surface area contributed by atoms with E-state index in [-0.39, 0.29) is 17.2 Å². The maximum Gasteiger partial charge on any atom is 0.356 e. The molecule has 0 amide bonds. The van der Waals surface area contributed by atoms with Gasteiger partial charge in [0.05, 0.1) is 6.61 Å². The first kappa shape index (κ1) is 19.6. The molecule has 2 rings (SSSR count). The highest BCUT2D eigenvalue weighted by atomic mass is 35.5. The SMILES string of the molecule is CC(C)=O.CCOC(=O)c1cccc(Cc2cc(Cl)ccc2O)n1. The fourth-order valence-corrected chi connectivity index (χ4v) is 1.98. The van der Waals surface area contributed by atoms with E-state index >= 15 is 0 Å². The molecule has 0 bridgehead atoms. The summed E-state index contributed by atoms with van der Waals surface area (Å²) >= 11 is 5.90. The zero-order chi connectivity index (χ0) is 18.1. The van der Waals surface area contributed by atoms with Gasteiger partial charge in [0.1, 0.15) is 17.2 Å². The third kappa shape index (κ3) is 6.79. The molecule has 2 aromatic rings. The van der Waals surface area contributed by atoms with Crippen molar-refractivity contribution in [3.05, 3.63) is 58.4 Å². The van der Waals surface area contributed by atoms with Gasteiger partial charge in [-0.2, -0.15) is 0 Å². The number of phenols is 1. The number of esters is 1. The second-order valence-electron chi connectivity index (χ2n) is 5.09. The number of ether oxygens (including phenoxy) is 1. The first-order valence-electron chi connectivity index (χ1n) is 7.41. The van der Waals surface area contributed by atoms with E-state index in [0.29, 0.717) is 29.3 Å². The molecule has 0 radical (unpaired) electrons. The fraction of sp³-hybridized carbons (Fsp3) is 0.278. The minimum atomic E-state index is -0.454. The molecule has 0 saturated carbocycles. The van der Waals surface area contributed by atoms with Gasteiger partial charge in [0.2, 0.25) is 0 Å². The Morgan fingerprint density at radius 3 is 2.50 bits per heavy atom. The van der Waals surface area contributed by atoms with Gasteiger partial charge in [-0.3, -0.25) is 0 Å². The number of ketones is 1.